The van der Waals surface area contributed by atoms with Crippen LogP contribution in [0.25, 0.3) is 0 Å². The van der Waals surface area contributed by atoms with E-state index in [9.17, 15) is 13.2 Å². The normalized spacial score (nSPS) is 20.2. The third kappa shape index (κ3) is 3.94. The molecule has 6 nitrogen and oxygen atoms in total. The number of nitrogens with zero attached hydrogens (tertiary/aromatic N) is 2. The predicted molar refractivity (Wildman–Crippen MR) is 102 cm³/mol. The van der Waals surface area contributed by atoms with Crippen LogP contribution in [0.3, 0.4) is 0 Å². The van der Waals surface area contributed by atoms with E-state index in [2.05, 4.69) is 23.5 Å². The second-order valence-corrected chi connectivity index (χ2v) is 9.72. The number of piperidine rings is 1. The Morgan fingerprint density at radius 2 is 1.85 bits per heavy atom. The van der Waals surface area contributed by atoms with Gasteiger partial charge in [-0.1, -0.05) is 18.2 Å². The number of benzene rings is 1. The van der Waals surface area contributed by atoms with Crippen molar-refractivity contribution >= 4 is 16.1 Å². The highest BCUT2D eigenvalue weighted by Crippen LogP contribution is 2.26. The lowest BCUT2D eigenvalue weighted by Crippen LogP contribution is -2.47. The Morgan fingerprint density at radius 1 is 1.19 bits per heavy atom. The predicted octanol–water partition coefficient (Wildman–Crippen LogP) is 1.87. The molecule has 1 aliphatic carbocycles. The van der Waals surface area contributed by atoms with Gasteiger partial charge in [0.05, 0.1) is 6.04 Å². The number of carbonyl (C=O) groups is 1. The molecule has 0 spiro atoms. The van der Waals surface area contributed by atoms with Gasteiger partial charge in [0, 0.05) is 33.1 Å². The molecule has 1 amide bonds. The molecule has 3 rings (SSSR count). The monoisotopic (exact) mass is 379 g/mol. The first-order chi connectivity index (χ1) is 12.3. The third-order valence-electron chi connectivity index (χ3n) is 5.59. The van der Waals surface area contributed by atoms with Gasteiger partial charge in [0.15, 0.2) is 0 Å². The standard InChI is InChI=1S/C19H29N3O3S/c1-14(17-8-7-15-5-4-6-18(15)13-17)20-19(23)16-9-11-22(12-10-16)26(24,25)21(2)3/h7-8,13-14,16H,4-6,9-12H2,1-3H3,(H,20,23). The Bertz CT molecular complexity index is 768. The summed E-state index contributed by atoms with van der Waals surface area (Å²) in [4.78, 5) is 12.6. The summed E-state index contributed by atoms with van der Waals surface area (Å²) in [6.07, 6.45) is 4.63. The zero-order chi connectivity index (χ0) is 18.9. The second-order valence-electron chi connectivity index (χ2n) is 7.58. The maximum Gasteiger partial charge on any atom is 0.281 e. The van der Waals surface area contributed by atoms with E-state index in [1.54, 1.807) is 0 Å². The fourth-order valence-electron chi connectivity index (χ4n) is 3.86. The van der Waals surface area contributed by atoms with Crippen LogP contribution in [0.2, 0.25) is 0 Å². The summed E-state index contributed by atoms with van der Waals surface area (Å²) < 4.78 is 27.0. The van der Waals surface area contributed by atoms with Gasteiger partial charge in [0.2, 0.25) is 5.91 Å². The van der Waals surface area contributed by atoms with Crippen molar-refractivity contribution in [3.63, 3.8) is 0 Å². The van der Waals surface area contributed by atoms with Gasteiger partial charge in [0.25, 0.3) is 10.2 Å². The van der Waals surface area contributed by atoms with Crippen molar-refractivity contribution in [2.24, 2.45) is 5.92 Å². The summed E-state index contributed by atoms with van der Waals surface area (Å²) in [7, 11) is -0.318. The average Bonchev–Trinajstić information content (AvgIpc) is 3.09. The van der Waals surface area contributed by atoms with Crippen molar-refractivity contribution in [3.05, 3.63) is 34.9 Å². The summed E-state index contributed by atoms with van der Waals surface area (Å²) in [6.45, 7) is 2.80. The quantitative estimate of drug-likeness (QED) is 0.849. The first-order valence-electron chi connectivity index (χ1n) is 9.38. The van der Waals surface area contributed by atoms with Crippen LogP contribution in [0.5, 0.6) is 0 Å². The van der Waals surface area contributed by atoms with Crippen LogP contribution in [0.4, 0.5) is 0 Å². The Morgan fingerprint density at radius 3 is 2.50 bits per heavy atom. The SMILES string of the molecule is CC(NC(=O)C1CCN(S(=O)(=O)N(C)C)CC1)c1ccc2c(c1)CCC2. The molecular weight excluding hydrogens is 350 g/mol. The molecule has 0 saturated carbocycles. The number of nitrogens with one attached hydrogen (secondary N) is 1. The molecule has 1 heterocycles. The Labute approximate surface area is 156 Å². The molecule has 0 aromatic heterocycles. The fraction of sp³-hybridized carbons (Fsp3) is 0.632. The van der Waals surface area contributed by atoms with E-state index in [1.165, 1.54) is 40.3 Å². The minimum atomic E-state index is -3.39. The van der Waals surface area contributed by atoms with Gasteiger partial charge >= 0.3 is 0 Å². The summed E-state index contributed by atoms with van der Waals surface area (Å²) >= 11 is 0. The number of carbonyl (C=O) groups excluding carboxylic acids is 1. The molecule has 0 radical (unpaired) electrons. The van der Waals surface area contributed by atoms with Crippen molar-refractivity contribution < 1.29 is 13.2 Å². The smallest absolute Gasteiger partial charge is 0.281 e. The van der Waals surface area contributed by atoms with Crippen LogP contribution < -0.4 is 5.32 Å². The lowest BCUT2D eigenvalue weighted by molar-refractivity contribution is -0.126. The summed E-state index contributed by atoms with van der Waals surface area (Å²) in [5.41, 5.74) is 3.99. The van der Waals surface area contributed by atoms with Crippen LogP contribution >= 0.6 is 0 Å². The van der Waals surface area contributed by atoms with Gasteiger partial charge < -0.3 is 5.32 Å². The van der Waals surface area contributed by atoms with E-state index in [0.717, 1.165) is 18.4 Å². The number of rotatable bonds is 5. The highest BCUT2D eigenvalue weighted by atomic mass is 32.2. The van der Waals surface area contributed by atoms with Crippen LogP contribution in [-0.2, 0) is 27.8 Å². The zero-order valence-electron chi connectivity index (χ0n) is 15.9. The van der Waals surface area contributed by atoms with Crippen LogP contribution in [0, 0.1) is 5.92 Å². The lowest BCUT2D eigenvalue weighted by Gasteiger charge is -2.32. The maximum atomic E-state index is 12.6. The Kier molecular flexibility index (Phi) is 5.69. The van der Waals surface area contributed by atoms with E-state index in [-0.39, 0.29) is 17.9 Å². The Hall–Kier alpha value is -1.44. The minimum absolute atomic E-state index is 0.0277. The summed E-state index contributed by atoms with van der Waals surface area (Å²) in [5, 5.41) is 3.12. The second kappa shape index (κ2) is 7.66. The topological polar surface area (TPSA) is 69.7 Å². The van der Waals surface area contributed by atoms with Gasteiger partial charge in [-0.3, -0.25) is 4.79 Å². The van der Waals surface area contributed by atoms with E-state index in [4.69, 9.17) is 0 Å². The van der Waals surface area contributed by atoms with E-state index in [1.807, 2.05) is 6.92 Å². The number of amides is 1. The molecule has 144 valence electrons. The molecule has 1 saturated heterocycles. The largest absolute Gasteiger partial charge is 0.349 e. The van der Waals surface area contributed by atoms with E-state index >= 15 is 0 Å². The molecular formula is C19H29N3O3S. The fourth-order valence-corrected chi connectivity index (χ4v) is 4.99. The maximum absolute atomic E-state index is 12.6. The third-order valence-corrected chi connectivity index (χ3v) is 7.53. The molecule has 1 atom stereocenters. The lowest BCUT2D eigenvalue weighted by atomic mass is 9.96. The van der Waals surface area contributed by atoms with Crippen LogP contribution in [-0.4, -0.2) is 50.1 Å². The molecule has 2 aliphatic rings. The van der Waals surface area contributed by atoms with Gasteiger partial charge in [0.1, 0.15) is 0 Å². The summed E-state index contributed by atoms with van der Waals surface area (Å²) in [5.74, 6) is -0.0969. The van der Waals surface area contributed by atoms with Gasteiger partial charge in [-0.25, -0.2) is 0 Å². The first kappa shape index (κ1) is 19.3. The zero-order valence-corrected chi connectivity index (χ0v) is 16.7. The highest BCUT2D eigenvalue weighted by molar-refractivity contribution is 7.86. The number of aryl methyl sites for hydroxylation is 2. The molecule has 26 heavy (non-hydrogen) atoms. The van der Waals surface area contributed by atoms with Gasteiger partial charge in [-0.15, -0.1) is 0 Å². The molecule has 1 N–H and O–H groups in total. The number of hydrogen-bond donors (Lipinski definition) is 1. The van der Waals surface area contributed by atoms with E-state index < -0.39 is 10.2 Å². The van der Waals surface area contributed by atoms with E-state index in [0.29, 0.717) is 25.9 Å². The van der Waals surface area contributed by atoms with Crippen molar-refractivity contribution in [1.82, 2.24) is 13.9 Å². The Balaban J connectivity index is 1.56. The first-order valence-corrected chi connectivity index (χ1v) is 10.8. The molecule has 1 aromatic rings. The number of fused-ring (bicyclic) bond motifs is 1. The molecule has 1 fully saturated rings. The molecule has 1 aliphatic heterocycles. The van der Waals surface area contributed by atoms with Crippen LogP contribution in [0.1, 0.15) is 48.9 Å². The molecule has 1 unspecified atom stereocenters. The van der Waals surface area contributed by atoms with Crippen molar-refractivity contribution in [2.45, 2.75) is 45.1 Å². The van der Waals surface area contributed by atoms with Gasteiger partial charge in [-0.2, -0.15) is 17.0 Å². The minimum Gasteiger partial charge on any atom is -0.349 e. The van der Waals surface area contributed by atoms with Gasteiger partial charge in [-0.05, 0) is 55.7 Å². The van der Waals surface area contributed by atoms with Crippen molar-refractivity contribution in [1.29, 1.82) is 0 Å². The summed E-state index contributed by atoms with van der Waals surface area (Å²) in [6, 6.07) is 6.49. The van der Waals surface area contributed by atoms with Crippen molar-refractivity contribution in [2.75, 3.05) is 27.2 Å². The number of hydrogen-bond acceptors (Lipinski definition) is 3. The van der Waals surface area contributed by atoms with Crippen molar-refractivity contribution in [3.8, 4) is 0 Å². The molecule has 1 aromatic carbocycles. The molecule has 0 bridgehead atoms. The average molecular weight is 380 g/mol. The van der Waals surface area contributed by atoms with Crippen LogP contribution in [0.15, 0.2) is 18.2 Å². The highest BCUT2D eigenvalue weighted by Gasteiger charge is 2.32. The molecule has 7 heteroatoms.